The molecule has 0 aromatic heterocycles. The van der Waals surface area contributed by atoms with Crippen molar-refractivity contribution in [1.82, 2.24) is 0 Å². The van der Waals surface area contributed by atoms with Gasteiger partial charge in [0.15, 0.2) is 0 Å². The molecule has 0 amide bonds. The van der Waals surface area contributed by atoms with E-state index < -0.39 is 0 Å². The summed E-state index contributed by atoms with van der Waals surface area (Å²) in [5.41, 5.74) is 1.36. The molecule has 3 nitrogen and oxygen atoms in total. The van der Waals surface area contributed by atoms with Gasteiger partial charge in [-0.15, -0.1) is 0 Å². The zero-order valence-corrected chi connectivity index (χ0v) is 13.2. The summed E-state index contributed by atoms with van der Waals surface area (Å²) in [6.07, 6.45) is 1.15. The Labute approximate surface area is 123 Å². The van der Waals surface area contributed by atoms with Crippen LogP contribution in [0, 0.1) is 0 Å². The van der Waals surface area contributed by atoms with Crippen molar-refractivity contribution in [2.45, 2.75) is 26.2 Å². The standard InChI is InChI=1S/C17H28N2O/c1-15(2)16-6-4-7-17(14-16)20-13-5-8-19-11-9-18(3)10-12-19/h4,6-7,14-15H,5,8-13H2,1-3H3/p+2. The van der Waals surface area contributed by atoms with E-state index in [2.05, 4.69) is 45.2 Å². The van der Waals surface area contributed by atoms with Crippen LogP contribution in [-0.4, -0.2) is 46.4 Å². The Morgan fingerprint density at radius 3 is 2.60 bits per heavy atom. The van der Waals surface area contributed by atoms with Crippen molar-refractivity contribution < 1.29 is 14.5 Å². The molecule has 0 aliphatic carbocycles. The average molecular weight is 278 g/mol. The number of nitrogens with one attached hydrogen (secondary N) is 2. The van der Waals surface area contributed by atoms with Gasteiger partial charge in [-0.1, -0.05) is 26.0 Å². The van der Waals surface area contributed by atoms with Crippen LogP contribution in [0.3, 0.4) is 0 Å². The van der Waals surface area contributed by atoms with Gasteiger partial charge in [-0.3, -0.25) is 0 Å². The molecular formula is C17H30N2O+2. The lowest BCUT2D eigenvalue weighted by molar-refractivity contribution is -1.00. The molecule has 2 rings (SSSR count). The number of hydrogen-bond acceptors (Lipinski definition) is 1. The van der Waals surface area contributed by atoms with Crippen molar-refractivity contribution in [2.24, 2.45) is 0 Å². The van der Waals surface area contributed by atoms with E-state index in [0.29, 0.717) is 5.92 Å². The van der Waals surface area contributed by atoms with Crippen molar-refractivity contribution in [3.8, 4) is 5.75 Å². The van der Waals surface area contributed by atoms with Crippen molar-refractivity contribution in [2.75, 3.05) is 46.4 Å². The van der Waals surface area contributed by atoms with Gasteiger partial charge in [-0.2, -0.15) is 0 Å². The Morgan fingerprint density at radius 2 is 1.90 bits per heavy atom. The number of likely N-dealkylation sites (N-methyl/N-ethyl adjacent to an activating group) is 1. The molecule has 0 saturated carbocycles. The first kappa shape index (κ1) is 15.3. The second-order valence-electron chi connectivity index (χ2n) is 6.39. The van der Waals surface area contributed by atoms with Crippen LogP contribution in [0.5, 0.6) is 5.75 Å². The quantitative estimate of drug-likeness (QED) is 0.701. The Balaban J connectivity index is 1.67. The normalized spacial score (nSPS) is 23.0. The minimum Gasteiger partial charge on any atom is -0.493 e. The van der Waals surface area contributed by atoms with Crippen molar-refractivity contribution in [3.63, 3.8) is 0 Å². The number of ether oxygens (including phenoxy) is 1. The summed E-state index contributed by atoms with van der Waals surface area (Å²) in [5.74, 6) is 1.59. The number of benzene rings is 1. The van der Waals surface area contributed by atoms with Crippen LogP contribution in [0.25, 0.3) is 0 Å². The molecule has 0 atom stereocenters. The highest BCUT2D eigenvalue weighted by molar-refractivity contribution is 5.30. The summed E-state index contributed by atoms with van der Waals surface area (Å²) in [7, 11) is 2.29. The second kappa shape index (κ2) is 7.65. The van der Waals surface area contributed by atoms with Gasteiger partial charge in [0, 0.05) is 6.42 Å². The van der Waals surface area contributed by atoms with E-state index in [-0.39, 0.29) is 0 Å². The Morgan fingerprint density at radius 1 is 1.15 bits per heavy atom. The predicted molar refractivity (Wildman–Crippen MR) is 82.8 cm³/mol. The Bertz CT molecular complexity index is 398. The van der Waals surface area contributed by atoms with Crippen LogP contribution in [0.4, 0.5) is 0 Å². The summed E-state index contributed by atoms with van der Waals surface area (Å²) in [6.45, 7) is 11.8. The van der Waals surface area contributed by atoms with Gasteiger partial charge in [-0.25, -0.2) is 0 Å². The molecule has 1 aromatic carbocycles. The fourth-order valence-corrected chi connectivity index (χ4v) is 2.76. The summed E-state index contributed by atoms with van der Waals surface area (Å²) in [4.78, 5) is 3.42. The molecule has 0 bridgehead atoms. The number of rotatable bonds is 6. The third kappa shape index (κ3) is 4.80. The maximum absolute atomic E-state index is 5.89. The monoisotopic (exact) mass is 278 g/mol. The van der Waals surface area contributed by atoms with E-state index >= 15 is 0 Å². The Kier molecular flexibility index (Phi) is 5.86. The van der Waals surface area contributed by atoms with Crippen molar-refractivity contribution in [1.29, 1.82) is 0 Å². The summed E-state index contributed by atoms with van der Waals surface area (Å²) in [5, 5.41) is 0. The molecule has 20 heavy (non-hydrogen) atoms. The largest absolute Gasteiger partial charge is 0.493 e. The minimum atomic E-state index is 0.566. The number of hydrogen-bond donors (Lipinski definition) is 2. The molecule has 1 aromatic rings. The second-order valence-corrected chi connectivity index (χ2v) is 6.39. The van der Waals surface area contributed by atoms with Crippen LogP contribution in [0.15, 0.2) is 24.3 Å². The molecule has 0 unspecified atom stereocenters. The van der Waals surface area contributed by atoms with E-state index in [9.17, 15) is 0 Å². The van der Waals surface area contributed by atoms with E-state index in [1.807, 2.05) is 0 Å². The smallest absolute Gasteiger partial charge is 0.127 e. The van der Waals surface area contributed by atoms with Gasteiger partial charge in [0.2, 0.25) is 0 Å². The molecule has 1 aliphatic heterocycles. The van der Waals surface area contributed by atoms with Gasteiger partial charge in [0.05, 0.1) is 20.2 Å². The van der Waals surface area contributed by atoms with E-state index in [4.69, 9.17) is 4.74 Å². The average Bonchev–Trinajstić information content (AvgIpc) is 2.46. The zero-order chi connectivity index (χ0) is 14.4. The van der Waals surface area contributed by atoms with Crippen LogP contribution < -0.4 is 14.5 Å². The topological polar surface area (TPSA) is 18.1 Å². The lowest BCUT2D eigenvalue weighted by Crippen LogP contribution is -3.27. The first-order valence-electron chi connectivity index (χ1n) is 8.03. The Hall–Kier alpha value is -1.06. The van der Waals surface area contributed by atoms with Gasteiger partial charge in [-0.05, 0) is 23.6 Å². The molecule has 2 N–H and O–H groups in total. The SMILES string of the molecule is CC(C)c1cccc(OCCC[NH+]2CC[NH+](C)CC2)c1. The highest BCUT2D eigenvalue weighted by Gasteiger charge is 2.18. The van der Waals surface area contributed by atoms with E-state index in [0.717, 1.165) is 18.8 Å². The van der Waals surface area contributed by atoms with Gasteiger partial charge in [0.1, 0.15) is 31.9 Å². The molecular weight excluding hydrogens is 248 g/mol. The predicted octanol–water partition coefficient (Wildman–Crippen LogP) is -0.00790. The molecule has 1 heterocycles. The number of quaternary nitrogens is 2. The molecule has 0 spiro atoms. The highest BCUT2D eigenvalue weighted by Crippen LogP contribution is 2.19. The first-order valence-corrected chi connectivity index (χ1v) is 8.03. The summed E-state index contributed by atoms with van der Waals surface area (Å²) >= 11 is 0. The molecule has 1 fully saturated rings. The van der Waals surface area contributed by atoms with Crippen LogP contribution in [0.2, 0.25) is 0 Å². The fraction of sp³-hybridized carbons (Fsp3) is 0.647. The van der Waals surface area contributed by atoms with Crippen LogP contribution >= 0.6 is 0 Å². The zero-order valence-electron chi connectivity index (χ0n) is 13.2. The van der Waals surface area contributed by atoms with Gasteiger partial charge in [0.25, 0.3) is 0 Å². The lowest BCUT2D eigenvalue weighted by Gasteiger charge is -2.27. The maximum Gasteiger partial charge on any atom is 0.127 e. The van der Waals surface area contributed by atoms with Crippen LogP contribution in [0.1, 0.15) is 31.7 Å². The molecule has 3 heteroatoms. The lowest BCUT2D eigenvalue weighted by atomic mass is 10.0. The third-order valence-corrected chi connectivity index (χ3v) is 4.28. The van der Waals surface area contributed by atoms with Crippen molar-refractivity contribution >= 4 is 0 Å². The molecule has 0 radical (unpaired) electrons. The van der Waals surface area contributed by atoms with Crippen LogP contribution in [-0.2, 0) is 0 Å². The van der Waals surface area contributed by atoms with Gasteiger partial charge >= 0.3 is 0 Å². The van der Waals surface area contributed by atoms with E-state index in [1.54, 1.807) is 9.80 Å². The third-order valence-electron chi connectivity index (χ3n) is 4.28. The summed E-state index contributed by atoms with van der Waals surface area (Å²) in [6, 6.07) is 8.52. The first-order chi connectivity index (χ1) is 9.65. The molecule has 1 aliphatic rings. The maximum atomic E-state index is 5.89. The molecule has 1 saturated heterocycles. The van der Waals surface area contributed by atoms with E-state index in [1.165, 1.54) is 38.3 Å². The fourth-order valence-electron chi connectivity index (χ4n) is 2.76. The number of piperazine rings is 1. The minimum absolute atomic E-state index is 0.566. The highest BCUT2D eigenvalue weighted by atomic mass is 16.5. The summed E-state index contributed by atoms with van der Waals surface area (Å²) < 4.78 is 5.89. The molecule has 112 valence electrons. The van der Waals surface area contributed by atoms with Crippen molar-refractivity contribution in [3.05, 3.63) is 29.8 Å². The van der Waals surface area contributed by atoms with Gasteiger partial charge < -0.3 is 14.5 Å².